The van der Waals surface area contributed by atoms with Crippen molar-refractivity contribution in [1.29, 1.82) is 0 Å². The van der Waals surface area contributed by atoms with Gasteiger partial charge >= 0.3 is 0 Å². The second-order valence-corrected chi connectivity index (χ2v) is 2.13. The van der Waals surface area contributed by atoms with Gasteiger partial charge in [-0.2, -0.15) is 12.6 Å². The molecule has 0 fully saturated rings. The molecule has 0 aromatic carbocycles. The van der Waals surface area contributed by atoms with Crippen LogP contribution in [0.25, 0.3) is 0 Å². The monoisotopic (exact) mass is 141 g/mol. The first kappa shape index (κ1) is 6.51. The van der Waals surface area contributed by atoms with Gasteiger partial charge in [-0.15, -0.1) is 0 Å². The highest BCUT2D eigenvalue weighted by Crippen LogP contribution is 2.06. The Bertz CT molecular complexity index is 175. The lowest BCUT2D eigenvalue weighted by Crippen LogP contribution is -2.04. The van der Waals surface area contributed by atoms with E-state index in [4.69, 9.17) is 5.73 Å². The minimum absolute atomic E-state index is 0.321. The summed E-state index contributed by atoms with van der Waals surface area (Å²) in [5.74, 6) is 0. The topological polar surface area (TPSA) is 51.8 Å². The van der Waals surface area contributed by atoms with Crippen LogP contribution in [-0.2, 0) is 0 Å². The molecule has 4 heteroatoms. The van der Waals surface area contributed by atoms with E-state index in [1.54, 1.807) is 18.6 Å². The molecule has 0 bridgehead atoms. The van der Waals surface area contributed by atoms with Gasteiger partial charge in [0.25, 0.3) is 0 Å². The summed E-state index contributed by atoms with van der Waals surface area (Å²) in [4.78, 5) is 7.73. The van der Waals surface area contributed by atoms with Crippen LogP contribution in [0.15, 0.2) is 18.6 Å². The number of thiol groups is 1. The van der Waals surface area contributed by atoms with Crippen molar-refractivity contribution in [1.82, 2.24) is 9.97 Å². The third-order valence-electron chi connectivity index (χ3n) is 0.886. The zero-order valence-corrected chi connectivity index (χ0v) is 5.62. The largest absolute Gasteiger partial charge is 0.315 e. The first-order chi connectivity index (χ1) is 4.30. The number of nitrogens with two attached hydrogens (primary N) is 1. The van der Waals surface area contributed by atoms with Gasteiger partial charge in [0, 0.05) is 12.4 Å². The maximum Gasteiger partial charge on any atom is 0.0924 e. The number of rotatable bonds is 1. The maximum absolute atomic E-state index is 5.38. The van der Waals surface area contributed by atoms with Gasteiger partial charge in [-0.1, -0.05) is 0 Å². The minimum Gasteiger partial charge on any atom is -0.315 e. The summed E-state index contributed by atoms with van der Waals surface area (Å²) >= 11 is 3.96. The van der Waals surface area contributed by atoms with Crippen molar-refractivity contribution in [3.8, 4) is 0 Å². The molecule has 1 aromatic heterocycles. The Labute approximate surface area is 58.7 Å². The smallest absolute Gasteiger partial charge is 0.0924 e. The summed E-state index contributed by atoms with van der Waals surface area (Å²) in [6.07, 6.45) is 4.78. The molecule has 1 unspecified atom stereocenters. The summed E-state index contributed by atoms with van der Waals surface area (Å²) < 4.78 is 0. The number of nitrogens with zero attached hydrogens (tertiary/aromatic N) is 2. The summed E-state index contributed by atoms with van der Waals surface area (Å²) in [6, 6.07) is 0. The average Bonchev–Trinajstić information content (AvgIpc) is 1.90. The van der Waals surface area contributed by atoms with Crippen LogP contribution in [0, 0.1) is 0 Å². The molecule has 48 valence electrons. The Morgan fingerprint density at radius 3 is 2.67 bits per heavy atom. The van der Waals surface area contributed by atoms with E-state index in [0.717, 1.165) is 0 Å². The Hall–Kier alpha value is -0.610. The third-order valence-corrected chi connectivity index (χ3v) is 1.15. The fourth-order valence-electron chi connectivity index (χ4n) is 0.463. The lowest BCUT2D eigenvalue weighted by Gasteiger charge is -1.99. The fraction of sp³-hybridized carbons (Fsp3) is 0.200. The Balaban J connectivity index is 2.85. The Kier molecular flexibility index (Phi) is 2.02. The lowest BCUT2D eigenvalue weighted by atomic mass is 10.4. The van der Waals surface area contributed by atoms with Crippen molar-refractivity contribution in [2.75, 3.05) is 0 Å². The van der Waals surface area contributed by atoms with Gasteiger partial charge in [-0.3, -0.25) is 9.97 Å². The standard InChI is InChI=1S/C5H7N3S/c6-5(9)4-3-7-1-2-8-4/h1-3,5,9H,6H2. The van der Waals surface area contributed by atoms with Gasteiger partial charge in [0.1, 0.15) is 0 Å². The fourth-order valence-corrected chi connectivity index (χ4v) is 0.597. The number of hydrogen-bond acceptors (Lipinski definition) is 4. The summed E-state index contributed by atoms with van der Waals surface area (Å²) in [7, 11) is 0. The van der Waals surface area contributed by atoms with Crippen LogP contribution in [0.3, 0.4) is 0 Å². The molecular weight excluding hydrogens is 134 g/mol. The second-order valence-electron chi connectivity index (χ2n) is 1.58. The zero-order chi connectivity index (χ0) is 6.69. The SMILES string of the molecule is NC(S)c1cnccn1. The zero-order valence-electron chi connectivity index (χ0n) is 4.73. The van der Waals surface area contributed by atoms with Gasteiger partial charge in [0.2, 0.25) is 0 Å². The molecule has 9 heavy (non-hydrogen) atoms. The predicted octanol–water partition coefficient (Wildman–Crippen LogP) is 0.364. The first-order valence-electron chi connectivity index (χ1n) is 2.50. The predicted molar refractivity (Wildman–Crippen MR) is 37.9 cm³/mol. The summed E-state index contributed by atoms with van der Waals surface area (Å²) in [5, 5.41) is -0.321. The molecule has 1 atom stereocenters. The first-order valence-corrected chi connectivity index (χ1v) is 3.02. The molecule has 1 heterocycles. The minimum atomic E-state index is -0.321. The van der Waals surface area contributed by atoms with E-state index in [-0.39, 0.29) is 5.37 Å². The van der Waals surface area contributed by atoms with E-state index < -0.39 is 0 Å². The highest BCUT2D eigenvalue weighted by atomic mass is 32.1. The maximum atomic E-state index is 5.38. The molecule has 0 aliphatic heterocycles. The molecule has 2 N–H and O–H groups in total. The van der Waals surface area contributed by atoms with Gasteiger partial charge in [0.05, 0.1) is 17.3 Å². The van der Waals surface area contributed by atoms with Crippen LogP contribution in [0.2, 0.25) is 0 Å². The number of aromatic nitrogens is 2. The molecule has 0 radical (unpaired) electrons. The van der Waals surface area contributed by atoms with E-state index in [0.29, 0.717) is 5.69 Å². The van der Waals surface area contributed by atoms with E-state index in [1.165, 1.54) is 0 Å². The van der Waals surface area contributed by atoms with Crippen molar-refractivity contribution in [3.63, 3.8) is 0 Å². The van der Waals surface area contributed by atoms with E-state index in [2.05, 4.69) is 22.6 Å². The molecule has 1 aromatic rings. The normalized spacial score (nSPS) is 13.1. The molecule has 0 spiro atoms. The molecular formula is C5H7N3S. The summed E-state index contributed by atoms with van der Waals surface area (Å²) in [5.41, 5.74) is 6.07. The lowest BCUT2D eigenvalue weighted by molar-refractivity contribution is 0.945. The van der Waals surface area contributed by atoms with Crippen LogP contribution < -0.4 is 5.73 Å². The molecule has 0 saturated heterocycles. The van der Waals surface area contributed by atoms with Crippen molar-refractivity contribution in [2.24, 2.45) is 5.73 Å². The molecule has 0 aliphatic rings. The van der Waals surface area contributed by atoms with Gasteiger partial charge in [0.15, 0.2) is 0 Å². The molecule has 1 rings (SSSR count). The number of hydrogen-bond donors (Lipinski definition) is 2. The van der Waals surface area contributed by atoms with Crippen LogP contribution in [0.1, 0.15) is 11.1 Å². The van der Waals surface area contributed by atoms with Crippen molar-refractivity contribution >= 4 is 12.6 Å². The van der Waals surface area contributed by atoms with Crippen molar-refractivity contribution < 1.29 is 0 Å². The van der Waals surface area contributed by atoms with Gasteiger partial charge < -0.3 is 5.73 Å². The Morgan fingerprint density at radius 1 is 1.56 bits per heavy atom. The van der Waals surface area contributed by atoms with E-state index in [1.807, 2.05) is 0 Å². The molecule has 0 amide bonds. The van der Waals surface area contributed by atoms with Crippen LogP contribution >= 0.6 is 12.6 Å². The van der Waals surface area contributed by atoms with Gasteiger partial charge in [-0.25, -0.2) is 0 Å². The van der Waals surface area contributed by atoms with Crippen LogP contribution in [-0.4, -0.2) is 9.97 Å². The molecule has 3 nitrogen and oxygen atoms in total. The third kappa shape index (κ3) is 1.65. The van der Waals surface area contributed by atoms with E-state index >= 15 is 0 Å². The van der Waals surface area contributed by atoms with Crippen molar-refractivity contribution in [2.45, 2.75) is 5.37 Å². The van der Waals surface area contributed by atoms with E-state index in [9.17, 15) is 0 Å². The molecule has 0 aliphatic carbocycles. The highest BCUT2D eigenvalue weighted by Gasteiger charge is 1.97. The van der Waals surface area contributed by atoms with Gasteiger partial charge in [-0.05, 0) is 0 Å². The summed E-state index contributed by atoms with van der Waals surface area (Å²) in [6.45, 7) is 0. The van der Waals surface area contributed by atoms with Crippen LogP contribution in [0.4, 0.5) is 0 Å². The quantitative estimate of drug-likeness (QED) is 0.438. The van der Waals surface area contributed by atoms with Crippen LogP contribution in [0.5, 0.6) is 0 Å². The highest BCUT2D eigenvalue weighted by molar-refractivity contribution is 7.80. The Morgan fingerprint density at radius 2 is 2.33 bits per heavy atom. The molecule has 0 saturated carbocycles. The van der Waals surface area contributed by atoms with Crippen molar-refractivity contribution in [3.05, 3.63) is 24.3 Å². The average molecular weight is 141 g/mol. The second kappa shape index (κ2) is 2.80.